The van der Waals surface area contributed by atoms with Gasteiger partial charge in [0, 0.05) is 5.69 Å². The number of hydrogen-bond donors (Lipinski definition) is 2. The SMILES string of the molecule is COc1ccc([C@@H](C)NC(=S)Nc2cccc(C(F)(F)F)c2)cc1. The molecular formula is C17H17F3N2OS. The Labute approximate surface area is 143 Å². The molecule has 2 aromatic rings. The molecule has 0 saturated carbocycles. The molecule has 0 aliphatic heterocycles. The third kappa shape index (κ3) is 4.86. The highest BCUT2D eigenvalue weighted by molar-refractivity contribution is 7.80. The maximum absolute atomic E-state index is 12.7. The molecule has 0 heterocycles. The van der Waals surface area contributed by atoms with E-state index >= 15 is 0 Å². The second-order valence-corrected chi connectivity index (χ2v) is 5.58. The van der Waals surface area contributed by atoms with Gasteiger partial charge in [0.05, 0.1) is 18.7 Å². The summed E-state index contributed by atoms with van der Waals surface area (Å²) in [4.78, 5) is 0. The number of ether oxygens (including phenoxy) is 1. The lowest BCUT2D eigenvalue weighted by Crippen LogP contribution is -2.30. The van der Waals surface area contributed by atoms with E-state index in [2.05, 4.69) is 10.6 Å². The van der Waals surface area contributed by atoms with Crippen molar-refractivity contribution in [3.63, 3.8) is 0 Å². The van der Waals surface area contributed by atoms with Crippen molar-refractivity contribution < 1.29 is 17.9 Å². The van der Waals surface area contributed by atoms with Crippen molar-refractivity contribution in [3.05, 3.63) is 59.7 Å². The van der Waals surface area contributed by atoms with Crippen LogP contribution in [-0.2, 0) is 6.18 Å². The van der Waals surface area contributed by atoms with Crippen molar-refractivity contribution in [2.75, 3.05) is 12.4 Å². The molecule has 0 amide bonds. The first-order chi connectivity index (χ1) is 11.3. The van der Waals surface area contributed by atoms with Gasteiger partial charge in [-0.05, 0) is 55.0 Å². The summed E-state index contributed by atoms with van der Waals surface area (Å²) in [5, 5.41) is 6.06. The number of rotatable bonds is 4. The minimum absolute atomic E-state index is 0.110. The maximum Gasteiger partial charge on any atom is 0.416 e. The molecule has 0 aliphatic rings. The van der Waals surface area contributed by atoms with Gasteiger partial charge in [-0.2, -0.15) is 13.2 Å². The third-order valence-electron chi connectivity index (χ3n) is 3.41. The molecule has 0 fully saturated rings. The molecule has 2 aromatic carbocycles. The highest BCUT2D eigenvalue weighted by Crippen LogP contribution is 2.30. The minimum atomic E-state index is -4.39. The van der Waals surface area contributed by atoms with Crippen LogP contribution in [0.2, 0.25) is 0 Å². The highest BCUT2D eigenvalue weighted by Gasteiger charge is 2.30. The molecule has 0 radical (unpaired) electrons. The highest BCUT2D eigenvalue weighted by atomic mass is 32.1. The maximum atomic E-state index is 12.7. The zero-order valence-electron chi connectivity index (χ0n) is 13.1. The molecule has 2 rings (SSSR count). The van der Waals surface area contributed by atoms with Crippen molar-refractivity contribution in [1.29, 1.82) is 0 Å². The van der Waals surface area contributed by atoms with Crippen molar-refractivity contribution in [1.82, 2.24) is 5.32 Å². The van der Waals surface area contributed by atoms with Gasteiger partial charge in [0.1, 0.15) is 5.75 Å². The molecule has 3 nitrogen and oxygen atoms in total. The fourth-order valence-corrected chi connectivity index (χ4v) is 2.41. The number of benzene rings is 2. The van der Waals surface area contributed by atoms with Crippen LogP contribution in [0.4, 0.5) is 18.9 Å². The first-order valence-corrected chi connectivity index (χ1v) is 7.59. The van der Waals surface area contributed by atoms with E-state index in [0.29, 0.717) is 0 Å². The molecular weight excluding hydrogens is 337 g/mol. The summed E-state index contributed by atoms with van der Waals surface area (Å²) in [6.45, 7) is 1.90. The summed E-state index contributed by atoms with van der Waals surface area (Å²) < 4.78 is 43.2. The fourth-order valence-electron chi connectivity index (χ4n) is 2.11. The van der Waals surface area contributed by atoms with Crippen LogP contribution in [-0.4, -0.2) is 12.2 Å². The van der Waals surface area contributed by atoms with Crippen LogP contribution in [0.25, 0.3) is 0 Å². The lowest BCUT2D eigenvalue weighted by Gasteiger charge is -2.18. The van der Waals surface area contributed by atoms with Gasteiger partial charge in [0.15, 0.2) is 5.11 Å². The number of methoxy groups -OCH3 is 1. The number of anilines is 1. The van der Waals surface area contributed by atoms with Gasteiger partial charge >= 0.3 is 6.18 Å². The van der Waals surface area contributed by atoms with Crippen LogP contribution >= 0.6 is 12.2 Å². The summed E-state index contributed by atoms with van der Waals surface area (Å²) in [6.07, 6.45) is -4.39. The Morgan fingerprint density at radius 3 is 2.38 bits per heavy atom. The van der Waals surface area contributed by atoms with Gasteiger partial charge in [-0.15, -0.1) is 0 Å². The van der Waals surface area contributed by atoms with Crippen molar-refractivity contribution in [2.24, 2.45) is 0 Å². The second kappa shape index (κ2) is 7.53. The Balaban J connectivity index is 1.99. The number of halogens is 3. The summed E-state index contributed by atoms with van der Waals surface area (Å²) in [5.41, 5.74) is 0.534. The van der Waals surface area contributed by atoms with Gasteiger partial charge in [-0.1, -0.05) is 18.2 Å². The molecule has 2 N–H and O–H groups in total. The van der Waals surface area contributed by atoms with Crippen LogP contribution in [0.5, 0.6) is 5.75 Å². The molecule has 24 heavy (non-hydrogen) atoms. The lowest BCUT2D eigenvalue weighted by atomic mass is 10.1. The van der Waals surface area contributed by atoms with E-state index in [9.17, 15) is 13.2 Å². The Bertz CT molecular complexity index is 702. The average molecular weight is 354 g/mol. The molecule has 1 atom stereocenters. The largest absolute Gasteiger partial charge is 0.497 e. The normalized spacial score (nSPS) is 12.4. The zero-order valence-corrected chi connectivity index (χ0v) is 14.0. The van der Waals surface area contributed by atoms with Crippen LogP contribution in [0.3, 0.4) is 0 Å². The fraction of sp³-hybridized carbons (Fsp3) is 0.235. The number of nitrogens with one attached hydrogen (secondary N) is 2. The number of hydrogen-bond acceptors (Lipinski definition) is 2. The Morgan fingerprint density at radius 2 is 1.79 bits per heavy atom. The lowest BCUT2D eigenvalue weighted by molar-refractivity contribution is -0.137. The van der Waals surface area contributed by atoms with Crippen molar-refractivity contribution >= 4 is 23.0 Å². The van der Waals surface area contributed by atoms with Crippen molar-refractivity contribution in [3.8, 4) is 5.75 Å². The topological polar surface area (TPSA) is 33.3 Å². The Kier molecular flexibility index (Phi) is 5.66. The quantitative estimate of drug-likeness (QED) is 0.776. The summed E-state index contributed by atoms with van der Waals surface area (Å²) in [5.74, 6) is 0.746. The first kappa shape index (κ1) is 18.1. The van der Waals surface area contributed by atoms with E-state index in [0.717, 1.165) is 23.4 Å². The predicted molar refractivity (Wildman–Crippen MR) is 92.2 cm³/mol. The molecule has 0 spiro atoms. The minimum Gasteiger partial charge on any atom is -0.497 e. The number of thiocarbonyl (C=S) groups is 1. The molecule has 0 bridgehead atoms. The van der Waals surface area contributed by atoms with E-state index in [1.54, 1.807) is 7.11 Å². The van der Waals surface area contributed by atoms with Crippen LogP contribution in [0.1, 0.15) is 24.1 Å². The smallest absolute Gasteiger partial charge is 0.416 e. The molecule has 0 aliphatic carbocycles. The first-order valence-electron chi connectivity index (χ1n) is 7.18. The monoisotopic (exact) mass is 354 g/mol. The number of alkyl halides is 3. The Morgan fingerprint density at radius 1 is 1.12 bits per heavy atom. The van der Waals surface area contributed by atoms with E-state index < -0.39 is 11.7 Å². The van der Waals surface area contributed by atoms with Gasteiger partial charge < -0.3 is 15.4 Å². The predicted octanol–water partition coefficient (Wildman–Crippen LogP) is 4.76. The van der Waals surface area contributed by atoms with Crippen LogP contribution < -0.4 is 15.4 Å². The van der Waals surface area contributed by atoms with E-state index in [4.69, 9.17) is 17.0 Å². The second-order valence-electron chi connectivity index (χ2n) is 5.17. The van der Waals surface area contributed by atoms with Gasteiger partial charge in [0.25, 0.3) is 0 Å². The Hall–Kier alpha value is -2.28. The van der Waals surface area contributed by atoms with Crippen LogP contribution in [0.15, 0.2) is 48.5 Å². The van der Waals surface area contributed by atoms with Gasteiger partial charge in [0.2, 0.25) is 0 Å². The van der Waals surface area contributed by atoms with Gasteiger partial charge in [-0.3, -0.25) is 0 Å². The van der Waals surface area contributed by atoms with Gasteiger partial charge in [-0.25, -0.2) is 0 Å². The van der Waals surface area contributed by atoms with Crippen molar-refractivity contribution in [2.45, 2.75) is 19.1 Å². The molecule has 7 heteroatoms. The van der Waals surface area contributed by atoms with Crippen LogP contribution in [0, 0.1) is 0 Å². The molecule has 0 unspecified atom stereocenters. The summed E-state index contributed by atoms with van der Waals surface area (Å²) in [7, 11) is 1.59. The molecule has 128 valence electrons. The molecule has 0 aromatic heterocycles. The van der Waals surface area contributed by atoms with E-state index in [1.165, 1.54) is 12.1 Å². The average Bonchev–Trinajstić information content (AvgIpc) is 2.54. The van der Waals surface area contributed by atoms with E-state index in [-0.39, 0.29) is 16.8 Å². The summed E-state index contributed by atoms with van der Waals surface area (Å²) >= 11 is 5.17. The summed E-state index contributed by atoms with van der Waals surface area (Å²) in [6, 6.07) is 12.2. The third-order valence-corrected chi connectivity index (χ3v) is 3.63. The standard InChI is InChI=1S/C17H17F3N2OS/c1-11(12-6-8-15(23-2)9-7-12)21-16(24)22-14-5-3-4-13(10-14)17(18,19)20/h3-11H,1-2H3,(H2,21,22,24)/t11-/m1/s1. The zero-order chi connectivity index (χ0) is 17.7. The van der Waals surface area contributed by atoms with E-state index in [1.807, 2.05) is 31.2 Å². The molecule has 0 saturated heterocycles.